The van der Waals surface area contributed by atoms with E-state index in [4.69, 9.17) is 4.74 Å². The van der Waals surface area contributed by atoms with Gasteiger partial charge >= 0.3 is 0 Å². The molecule has 24 heavy (non-hydrogen) atoms. The van der Waals surface area contributed by atoms with E-state index in [1.807, 2.05) is 41.5 Å². The van der Waals surface area contributed by atoms with E-state index in [-0.39, 0.29) is 5.91 Å². The molecule has 1 fully saturated rings. The van der Waals surface area contributed by atoms with Gasteiger partial charge in [-0.05, 0) is 31.7 Å². The average Bonchev–Trinajstić information content (AvgIpc) is 3.05. The number of nitrogens with zero attached hydrogens (tertiary/aromatic N) is 3. The van der Waals surface area contributed by atoms with Gasteiger partial charge < -0.3 is 14.5 Å². The second-order valence-electron chi connectivity index (χ2n) is 5.90. The molecule has 1 aromatic heterocycles. The van der Waals surface area contributed by atoms with Crippen molar-refractivity contribution in [1.82, 2.24) is 14.8 Å². The van der Waals surface area contributed by atoms with Crippen LogP contribution in [0.15, 0.2) is 29.6 Å². The van der Waals surface area contributed by atoms with Gasteiger partial charge in [-0.25, -0.2) is 4.98 Å². The molecule has 0 atom stereocenters. The Bertz CT molecular complexity index is 693. The molecular weight excluding hydrogens is 322 g/mol. The Morgan fingerprint density at radius 1 is 1.29 bits per heavy atom. The zero-order chi connectivity index (χ0) is 16.9. The van der Waals surface area contributed by atoms with E-state index in [1.165, 1.54) is 0 Å². The van der Waals surface area contributed by atoms with E-state index in [1.54, 1.807) is 11.3 Å². The normalized spacial score (nSPS) is 15.5. The number of hydrogen-bond donors (Lipinski definition) is 0. The lowest BCUT2D eigenvalue weighted by atomic mass is 10.1. The molecule has 2 heterocycles. The number of benzene rings is 1. The lowest BCUT2D eigenvalue weighted by Gasteiger charge is -2.34. The van der Waals surface area contributed by atoms with Crippen LogP contribution in [-0.2, 0) is 6.61 Å². The molecule has 0 unspecified atom stereocenters. The molecule has 5 nitrogen and oxygen atoms in total. The van der Waals surface area contributed by atoms with E-state index < -0.39 is 0 Å². The first-order valence-electron chi connectivity index (χ1n) is 8.31. The van der Waals surface area contributed by atoms with Gasteiger partial charge in [0.05, 0.1) is 10.7 Å². The van der Waals surface area contributed by atoms with Crippen LogP contribution in [0.25, 0.3) is 0 Å². The first-order valence-corrected chi connectivity index (χ1v) is 9.19. The van der Waals surface area contributed by atoms with Crippen LogP contribution in [0.2, 0.25) is 0 Å². The minimum atomic E-state index is 0.0840. The molecule has 6 heteroatoms. The van der Waals surface area contributed by atoms with E-state index in [0.29, 0.717) is 17.9 Å². The first kappa shape index (κ1) is 16.9. The number of thiazole rings is 1. The number of aryl methyl sites for hydroxylation is 1. The van der Waals surface area contributed by atoms with Gasteiger partial charge in [-0.3, -0.25) is 4.79 Å². The number of carbonyl (C=O) groups excluding carboxylic acids is 1. The van der Waals surface area contributed by atoms with Crippen molar-refractivity contribution < 1.29 is 9.53 Å². The van der Waals surface area contributed by atoms with Crippen LogP contribution in [0.5, 0.6) is 5.75 Å². The summed E-state index contributed by atoms with van der Waals surface area (Å²) < 4.78 is 5.78. The van der Waals surface area contributed by atoms with Crippen LogP contribution in [-0.4, -0.2) is 53.4 Å². The maximum Gasteiger partial charge on any atom is 0.254 e. The van der Waals surface area contributed by atoms with Crippen molar-refractivity contribution in [1.29, 1.82) is 0 Å². The predicted octanol–water partition coefficient (Wildman–Crippen LogP) is 2.81. The smallest absolute Gasteiger partial charge is 0.254 e. The largest absolute Gasteiger partial charge is 0.487 e. The summed E-state index contributed by atoms with van der Waals surface area (Å²) in [6, 6.07) is 7.43. The quantitative estimate of drug-likeness (QED) is 0.836. The molecule has 1 saturated heterocycles. The highest BCUT2D eigenvalue weighted by Crippen LogP contribution is 2.18. The molecule has 0 radical (unpaired) electrons. The first-order chi connectivity index (χ1) is 11.7. The van der Waals surface area contributed by atoms with Gasteiger partial charge in [-0.15, -0.1) is 11.3 Å². The number of rotatable bonds is 5. The number of piperazine rings is 1. The second-order valence-corrected chi connectivity index (χ2v) is 6.96. The van der Waals surface area contributed by atoms with E-state index in [9.17, 15) is 4.79 Å². The fourth-order valence-corrected chi connectivity index (χ4v) is 3.40. The zero-order valence-corrected chi connectivity index (χ0v) is 15.0. The zero-order valence-electron chi connectivity index (χ0n) is 14.2. The molecule has 128 valence electrons. The summed E-state index contributed by atoms with van der Waals surface area (Å²) in [5.74, 6) is 0.791. The highest BCUT2D eigenvalue weighted by atomic mass is 32.1. The highest BCUT2D eigenvalue weighted by molar-refractivity contribution is 7.09. The van der Waals surface area contributed by atoms with Gasteiger partial charge in [0.1, 0.15) is 12.4 Å². The van der Waals surface area contributed by atoms with Gasteiger partial charge in [-0.2, -0.15) is 0 Å². The molecule has 0 saturated carbocycles. The van der Waals surface area contributed by atoms with E-state index >= 15 is 0 Å². The minimum absolute atomic E-state index is 0.0840. The Balaban J connectivity index is 1.61. The molecule has 0 N–H and O–H groups in total. The monoisotopic (exact) mass is 345 g/mol. The predicted molar refractivity (Wildman–Crippen MR) is 95.6 cm³/mol. The number of likely N-dealkylation sites (N-methyl/N-ethyl adjacent to an activating group) is 1. The highest BCUT2D eigenvalue weighted by Gasteiger charge is 2.21. The fraction of sp³-hybridized carbons (Fsp3) is 0.444. The van der Waals surface area contributed by atoms with Crippen LogP contribution in [0.3, 0.4) is 0 Å². The second kappa shape index (κ2) is 7.77. The number of hydrogen-bond acceptors (Lipinski definition) is 5. The average molecular weight is 345 g/mol. The van der Waals surface area contributed by atoms with E-state index in [2.05, 4.69) is 16.8 Å². The van der Waals surface area contributed by atoms with Gasteiger partial charge in [0.2, 0.25) is 0 Å². The standard InChI is InChI=1S/C18H23N3O2S/c1-3-20-7-9-21(10-8-20)18(22)15-5-4-6-17(11-15)23-12-16-13-24-14(2)19-16/h4-6,11,13H,3,7-10,12H2,1-2H3. The molecular formula is C18H23N3O2S. The van der Waals surface area contributed by atoms with Crippen molar-refractivity contribution in [2.24, 2.45) is 0 Å². The molecule has 0 spiro atoms. The van der Waals surface area contributed by atoms with Crippen molar-refractivity contribution in [3.05, 3.63) is 45.9 Å². The molecule has 1 amide bonds. The molecule has 1 aliphatic rings. The minimum Gasteiger partial charge on any atom is -0.487 e. The van der Waals surface area contributed by atoms with Crippen molar-refractivity contribution in [2.45, 2.75) is 20.5 Å². The molecule has 2 aromatic rings. The van der Waals surface area contributed by atoms with Gasteiger partial charge in [-0.1, -0.05) is 13.0 Å². The molecule has 3 rings (SSSR count). The summed E-state index contributed by atoms with van der Waals surface area (Å²) in [5.41, 5.74) is 1.61. The Hall–Kier alpha value is -1.92. The Morgan fingerprint density at radius 2 is 2.08 bits per heavy atom. The Labute approximate surface area is 146 Å². The van der Waals surface area contributed by atoms with Crippen LogP contribution in [0.4, 0.5) is 0 Å². The lowest BCUT2D eigenvalue weighted by Crippen LogP contribution is -2.48. The van der Waals surface area contributed by atoms with Crippen molar-refractivity contribution in [3.8, 4) is 5.75 Å². The number of ether oxygens (including phenoxy) is 1. The van der Waals surface area contributed by atoms with Gasteiger partial charge in [0.15, 0.2) is 0 Å². The Kier molecular flexibility index (Phi) is 5.48. The SMILES string of the molecule is CCN1CCN(C(=O)c2cccc(OCc3csc(C)n3)c2)CC1. The maximum atomic E-state index is 12.7. The van der Waals surface area contributed by atoms with Crippen molar-refractivity contribution >= 4 is 17.2 Å². The third kappa shape index (κ3) is 4.13. The third-order valence-corrected chi connectivity index (χ3v) is 5.06. The number of amides is 1. The van der Waals surface area contributed by atoms with Gasteiger partial charge in [0.25, 0.3) is 5.91 Å². The van der Waals surface area contributed by atoms with Crippen LogP contribution in [0, 0.1) is 6.92 Å². The molecule has 1 aromatic carbocycles. The molecule has 1 aliphatic heterocycles. The fourth-order valence-electron chi connectivity index (χ4n) is 2.80. The van der Waals surface area contributed by atoms with Crippen LogP contribution < -0.4 is 4.74 Å². The van der Waals surface area contributed by atoms with E-state index in [0.717, 1.165) is 43.4 Å². The summed E-state index contributed by atoms with van der Waals surface area (Å²) in [4.78, 5) is 21.3. The molecule has 0 aliphatic carbocycles. The summed E-state index contributed by atoms with van der Waals surface area (Å²) >= 11 is 1.61. The van der Waals surface area contributed by atoms with Crippen molar-refractivity contribution in [3.63, 3.8) is 0 Å². The summed E-state index contributed by atoms with van der Waals surface area (Å²) in [7, 11) is 0. The Morgan fingerprint density at radius 3 is 2.75 bits per heavy atom. The maximum absolute atomic E-state index is 12.7. The topological polar surface area (TPSA) is 45.7 Å². The summed E-state index contributed by atoms with van der Waals surface area (Å²) in [5, 5.41) is 3.03. The van der Waals surface area contributed by atoms with Crippen LogP contribution in [0.1, 0.15) is 28.0 Å². The number of carbonyl (C=O) groups is 1. The van der Waals surface area contributed by atoms with Crippen molar-refractivity contribution in [2.75, 3.05) is 32.7 Å². The molecule has 0 bridgehead atoms. The van der Waals surface area contributed by atoms with Gasteiger partial charge in [0, 0.05) is 37.1 Å². The lowest BCUT2D eigenvalue weighted by molar-refractivity contribution is 0.0643. The summed E-state index contributed by atoms with van der Waals surface area (Å²) in [6.45, 7) is 9.07. The van der Waals surface area contributed by atoms with Crippen LogP contribution >= 0.6 is 11.3 Å². The third-order valence-electron chi connectivity index (χ3n) is 4.24. The summed E-state index contributed by atoms with van der Waals surface area (Å²) in [6.07, 6.45) is 0. The number of aromatic nitrogens is 1.